The number of benzene rings is 2. The number of amides is 1. The fourth-order valence-corrected chi connectivity index (χ4v) is 3.30. The molecule has 0 spiro atoms. The van der Waals surface area contributed by atoms with Crippen molar-refractivity contribution in [2.45, 2.75) is 60.0 Å². The predicted octanol–water partition coefficient (Wildman–Crippen LogP) is 5.78. The Morgan fingerprint density at radius 2 is 1.59 bits per heavy atom. The second-order valence-corrected chi connectivity index (χ2v) is 7.57. The molecular formula is C26H38F3N3O2. The first-order valence-corrected chi connectivity index (χ1v) is 12.1. The van der Waals surface area contributed by atoms with Crippen LogP contribution in [-0.2, 0) is 0 Å². The monoisotopic (exact) mass is 481 g/mol. The smallest absolute Gasteiger partial charge is 0.256 e. The van der Waals surface area contributed by atoms with Crippen LogP contribution in [0, 0.1) is 24.4 Å². The van der Waals surface area contributed by atoms with Crippen molar-refractivity contribution in [3.63, 3.8) is 0 Å². The zero-order valence-corrected chi connectivity index (χ0v) is 20.9. The van der Waals surface area contributed by atoms with E-state index in [9.17, 15) is 23.1 Å². The normalized spacial score (nSPS) is 14.8. The second kappa shape index (κ2) is 15.3. The van der Waals surface area contributed by atoms with Gasteiger partial charge in [-0.2, -0.15) is 0 Å². The third-order valence-corrected chi connectivity index (χ3v) is 5.07. The van der Waals surface area contributed by atoms with E-state index >= 15 is 0 Å². The lowest BCUT2D eigenvalue weighted by atomic mass is 10.1. The summed E-state index contributed by atoms with van der Waals surface area (Å²) >= 11 is 0. The van der Waals surface area contributed by atoms with Gasteiger partial charge in [0.1, 0.15) is 5.82 Å². The summed E-state index contributed by atoms with van der Waals surface area (Å²) in [4.78, 5) is 13.7. The molecule has 0 aliphatic carbocycles. The molecule has 2 heterocycles. The van der Waals surface area contributed by atoms with Crippen LogP contribution in [-0.4, -0.2) is 48.2 Å². The molecule has 2 aromatic rings. The first-order valence-electron chi connectivity index (χ1n) is 12.1. The molecule has 0 radical (unpaired) electrons. The highest BCUT2D eigenvalue weighted by Crippen LogP contribution is 2.30. The average molecular weight is 482 g/mol. The summed E-state index contributed by atoms with van der Waals surface area (Å²) in [6.07, 6.45) is 3.60. The highest BCUT2D eigenvalue weighted by molar-refractivity contribution is 6.01. The van der Waals surface area contributed by atoms with Crippen molar-refractivity contribution in [1.29, 1.82) is 0 Å². The molecule has 0 unspecified atom stereocenters. The maximum Gasteiger partial charge on any atom is 0.256 e. The molecule has 1 amide bonds. The fraction of sp³-hybridized carbons (Fsp3) is 0.500. The number of aliphatic hydroxyl groups excluding tert-OH is 1. The van der Waals surface area contributed by atoms with Gasteiger partial charge in [-0.25, -0.2) is 13.2 Å². The van der Waals surface area contributed by atoms with Gasteiger partial charge in [-0.1, -0.05) is 40.2 Å². The molecule has 2 aliphatic heterocycles. The summed E-state index contributed by atoms with van der Waals surface area (Å²) in [6, 6.07) is 6.22. The number of piperidine rings is 1. The summed E-state index contributed by atoms with van der Waals surface area (Å²) in [5.41, 5.74) is 0.0522. The number of anilines is 2. The lowest BCUT2D eigenvalue weighted by Gasteiger charge is -2.36. The Morgan fingerprint density at radius 3 is 2.06 bits per heavy atom. The Balaban J connectivity index is 0.000000489. The van der Waals surface area contributed by atoms with Gasteiger partial charge in [0, 0.05) is 13.1 Å². The van der Waals surface area contributed by atoms with E-state index in [0.29, 0.717) is 5.56 Å². The molecule has 0 bridgehead atoms. The Bertz CT molecular complexity index is 888. The summed E-state index contributed by atoms with van der Waals surface area (Å²) in [6.45, 7) is 12.4. The van der Waals surface area contributed by atoms with Crippen LogP contribution in [0.1, 0.15) is 62.9 Å². The molecule has 8 heteroatoms. The van der Waals surface area contributed by atoms with Crippen molar-refractivity contribution in [1.82, 2.24) is 10.2 Å². The van der Waals surface area contributed by atoms with Crippen LogP contribution in [0.15, 0.2) is 30.3 Å². The molecule has 4 rings (SSSR count). The topological polar surface area (TPSA) is 64.6 Å². The highest BCUT2D eigenvalue weighted by Gasteiger charge is 2.32. The van der Waals surface area contributed by atoms with Gasteiger partial charge in [-0.05, 0) is 62.7 Å². The predicted molar refractivity (Wildman–Crippen MR) is 132 cm³/mol. The highest BCUT2D eigenvalue weighted by atomic mass is 19.2. The minimum absolute atomic E-state index is 0.0669. The number of hydrogen-bond acceptors (Lipinski definition) is 4. The number of aliphatic hydroxyl groups is 1. The van der Waals surface area contributed by atoms with Crippen LogP contribution >= 0.6 is 0 Å². The third-order valence-electron chi connectivity index (χ3n) is 5.07. The lowest BCUT2D eigenvalue weighted by molar-refractivity contribution is 0.00593. The quantitative estimate of drug-likeness (QED) is 0.520. The summed E-state index contributed by atoms with van der Waals surface area (Å²) in [7, 11) is 0. The number of likely N-dealkylation sites (tertiary alicyclic amines) is 1. The molecule has 2 aromatic carbocycles. The van der Waals surface area contributed by atoms with Gasteiger partial charge in [0.2, 0.25) is 0 Å². The summed E-state index contributed by atoms with van der Waals surface area (Å²) < 4.78 is 41.8. The van der Waals surface area contributed by atoms with Crippen molar-refractivity contribution in [3.05, 3.63) is 58.9 Å². The van der Waals surface area contributed by atoms with E-state index in [-0.39, 0.29) is 24.3 Å². The minimum atomic E-state index is -1.26. The van der Waals surface area contributed by atoms with Crippen molar-refractivity contribution >= 4 is 17.3 Å². The van der Waals surface area contributed by atoms with Gasteiger partial charge < -0.3 is 20.6 Å². The standard InChI is InChI=1S/C17H15F3N2O2.C5H11N.2C2H6/c1-9-2-5-14(13(19)6-9)21-16-11(3-4-12(18)15(16)20)17(24)22-7-10(23)8-22;1-2-4-6-5-3-1;2*1-2/h2-6,10,21,23H,7-8H2,1H3;6H,1-5H2;2*1-2H3. The van der Waals surface area contributed by atoms with E-state index < -0.39 is 35.2 Å². The molecule has 2 aliphatic rings. The number of rotatable bonds is 3. The second-order valence-electron chi connectivity index (χ2n) is 7.57. The van der Waals surface area contributed by atoms with Crippen LogP contribution in [0.2, 0.25) is 0 Å². The molecule has 0 aromatic heterocycles. The van der Waals surface area contributed by atoms with E-state index in [4.69, 9.17) is 0 Å². The number of hydrogen-bond donors (Lipinski definition) is 3. The Hall–Kier alpha value is -2.58. The average Bonchev–Trinajstić information content (AvgIpc) is 2.85. The summed E-state index contributed by atoms with van der Waals surface area (Å²) in [5.74, 6) is -3.61. The van der Waals surface area contributed by atoms with Crippen molar-refractivity contribution in [2.24, 2.45) is 0 Å². The van der Waals surface area contributed by atoms with E-state index in [1.807, 2.05) is 27.7 Å². The van der Waals surface area contributed by atoms with Gasteiger partial charge in [0.05, 0.1) is 23.0 Å². The zero-order chi connectivity index (χ0) is 25.7. The van der Waals surface area contributed by atoms with E-state index in [1.54, 1.807) is 13.0 Å². The summed E-state index contributed by atoms with van der Waals surface area (Å²) in [5, 5.41) is 15.0. The van der Waals surface area contributed by atoms with Crippen LogP contribution < -0.4 is 10.6 Å². The minimum Gasteiger partial charge on any atom is -0.389 e. The van der Waals surface area contributed by atoms with E-state index in [0.717, 1.165) is 12.1 Å². The van der Waals surface area contributed by atoms with Gasteiger partial charge in [0.25, 0.3) is 5.91 Å². The number of β-amino-alcohol motifs (C(OH)–C–C–N with tert-alkyl or cyclic N) is 1. The zero-order valence-electron chi connectivity index (χ0n) is 20.9. The molecule has 0 atom stereocenters. The SMILES string of the molecule is C1CCNCC1.CC.CC.Cc1ccc(Nc2c(C(=O)N3CC(O)C3)ccc(F)c2F)c(F)c1. The number of nitrogens with one attached hydrogen (secondary N) is 2. The van der Waals surface area contributed by atoms with Crippen LogP contribution in [0.5, 0.6) is 0 Å². The number of halogens is 3. The maximum absolute atomic E-state index is 14.2. The first kappa shape index (κ1) is 29.5. The number of aryl methyl sites for hydroxylation is 1. The maximum atomic E-state index is 14.2. The van der Waals surface area contributed by atoms with Crippen LogP contribution in [0.25, 0.3) is 0 Å². The van der Waals surface area contributed by atoms with E-state index in [2.05, 4.69) is 10.6 Å². The molecule has 190 valence electrons. The molecule has 5 nitrogen and oxygen atoms in total. The first-order chi connectivity index (χ1) is 16.4. The Labute approximate surface area is 201 Å². The molecule has 2 fully saturated rings. The van der Waals surface area contributed by atoms with Crippen molar-refractivity contribution in [3.8, 4) is 0 Å². The number of carbonyl (C=O) groups excluding carboxylic acids is 1. The van der Waals surface area contributed by atoms with E-state index in [1.165, 1.54) is 49.4 Å². The molecule has 34 heavy (non-hydrogen) atoms. The van der Waals surface area contributed by atoms with Gasteiger partial charge in [-0.3, -0.25) is 4.79 Å². The Morgan fingerprint density at radius 1 is 0.971 bits per heavy atom. The number of carbonyl (C=O) groups is 1. The third kappa shape index (κ3) is 8.33. The molecular weight excluding hydrogens is 443 g/mol. The number of nitrogens with zero attached hydrogens (tertiary/aromatic N) is 1. The van der Waals surface area contributed by atoms with Gasteiger partial charge in [-0.15, -0.1) is 0 Å². The lowest BCUT2D eigenvalue weighted by Crippen LogP contribution is -2.53. The largest absolute Gasteiger partial charge is 0.389 e. The molecule has 3 N–H and O–H groups in total. The van der Waals surface area contributed by atoms with Crippen molar-refractivity contribution < 1.29 is 23.1 Å². The Kier molecular flexibility index (Phi) is 13.3. The molecule has 0 saturated carbocycles. The fourth-order valence-electron chi connectivity index (χ4n) is 3.30. The van der Waals surface area contributed by atoms with Gasteiger partial charge >= 0.3 is 0 Å². The van der Waals surface area contributed by atoms with Crippen LogP contribution in [0.4, 0.5) is 24.5 Å². The van der Waals surface area contributed by atoms with Crippen molar-refractivity contribution in [2.75, 3.05) is 31.5 Å². The van der Waals surface area contributed by atoms with Crippen LogP contribution in [0.3, 0.4) is 0 Å². The van der Waals surface area contributed by atoms with Gasteiger partial charge in [0.15, 0.2) is 11.6 Å². The molecule has 2 saturated heterocycles.